The summed E-state index contributed by atoms with van der Waals surface area (Å²) in [6.45, 7) is -0.145. The summed E-state index contributed by atoms with van der Waals surface area (Å²) in [6.07, 6.45) is 0.738. The van der Waals surface area contributed by atoms with Crippen LogP contribution in [0.15, 0.2) is 18.2 Å². The maximum absolute atomic E-state index is 10.8. The molecule has 0 saturated heterocycles. The average Bonchev–Trinajstić information content (AvgIpc) is 2.54. The van der Waals surface area contributed by atoms with Crippen LogP contribution in [0.5, 0.6) is 5.75 Å². The van der Waals surface area contributed by atoms with Crippen molar-refractivity contribution in [2.75, 3.05) is 0 Å². The quantitative estimate of drug-likeness (QED) is 0.741. The number of phenolic OH excluding ortho intramolecular Hbond substituents is 1. The number of carbonyl (C=O) groups excluding carboxylic acids is 1. The molecule has 0 amide bonds. The first kappa shape index (κ1) is 9.18. The summed E-state index contributed by atoms with van der Waals surface area (Å²) >= 11 is 1.32. The molecule has 4 heteroatoms. The van der Waals surface area contributed by atoms with Gasteiger partial charge in [0.25, 0.3) is 0 Å². The van der Waals surface area contributed by atoms with Crippen molar-refractivity contribution in [2.45, 2.75) is 6.61 Å². The average molecular weight is 208 g/mol. The number of aliphatic hydroxyl groups is 1. The van der Waals surface area contributed by atoms with Gasteiger partial charge in [0.2, 0.25) is 0 Å². The van der Waals surface area contributed by atoms with Gasteiger partial charge in [-0.2, -0.15) is 0 Å². The fourth-order valence-electron chi connectivity index (χ4n) is 1.40. The van der Waals surface area contributed by atoms with Crippen molar-refractivity contribution in [3.63, 3.8) is 0 Å². The van der Waals surface area contributed by atoms with E-state index in [1.165, 1.54) is 17.4 Å². The van der Waals surface area contributed by atoms with Gasteiger partial charge in [0.15, 0.2) is 6.29 Å². The molecule has 0 unspecified atom stereocenters. The van der Waals surface area contributed by atoms with Gasteiger partial charge in [0.05, 0.1) is 6.61 Å². The van der Waals surface area contributed by atoms with Crippen molar-refractivity contribution in [2.24, 2.45) is 0 Å². The molecule has 1 aromatic heterocycles. The standard InChI is InChI=1S/C10H8O3S/c11-4-8-7-2-1-6(13)3-9(7)14-10(8)5-12/h1-4,12-13H,5H2. The number of aliphatic hydroxyl groups excluding tert-OH is 1. The smallest absolute Gasteiger partial charge is 0.151 e. The lowest BCUT2D eigenvalue weighted by Gasteiger charge is -1.92. The molecule has 2 N–H and O–H groups in total. The molecular formula is C10H8O3S. The van der Waals surface area contributed by atoms with Crippen molar-refractivity contribution in [1.82, 2.24) is 0 Å². The van der Waals surface area contributed by atoms with Gasteiger partial charge < -0.3 is 10.2 Å². The summed E-state index contributed by atoms with van der Waals surface area (Å²) in [5.74, 6) is 0.167. The van der Waals surface area contributed by atoms with Crippen LogP contribution in [-0.2, 0) is 6.61 Å². The molecule has 1 aromatic carbocycles. The number of carbonyl (C=O) groups is 1. The molecule has 0 atom stereocenters. The number of hydrogen-bond donors (Lipinski definition) is 2. The van der Waals surface area contributed by atoms with E-state index < -0.39 is 0 Å². The highest BCUT2D eigenvalue weighted by molar-refractivity contribution is 7.19. The zero-order valence-corrected chi connectivity index (χ0v) is 8.04. The van der Waals surface area contributed by atoms with E-state index in [9.17, 15) is 9.90 Å². The third kappa shape index (κ3) is 1.29. The van der Waals surface area contributed by atoms with Gasteiger partial charge in [-0.15, -0.1) is 11.3 Å². The SMILES string of the molecule is O=Cc1c(CO)sc2cc(O)ccc12. The molecular weight excluding hydrogens is 200 g/mol. The number of rotatable bonds is 2. The minimum absolute atomic E-state index is 0.145. The summed E-state index contributed by atoms with van der Waals surface area (Å²) in [5.41, 5.74) is 0.521. The van der Waals surface area contributed by atoms with Crippen molar-refractivity contribution in [1.29, 1.82) is 0 Å². The molecule has 0 fully saturated rings. The Morgan fingerprint density at radius 2 is 2.21 bits per heavy atom. The molecule has 14 heavy (non-hydrogen) atoms. The van der Waals surface area contributed by atoms with E-state index in [4.69, 9.17) is 5.11 Å². The highest BCUT2D eigenvalue weighted by Crippen LogP contribution is 2.32. The number of phenols is 1. The van der Waals surface area contributed by atoms with Gasteiger partial charge in [0, 0.05) is 20.5 Å². The third-order valence-corrected chi connectivity index (χ3v) is 3.20. The second kappa shape index (κ2) is 3.40. The number of aromatic hydroxyl groups is 1. The Morgan fingerprint density at radius 1 is 1.43 bits per heavy atom. The largest absolute Gasteiger partial charge is 0.508 e. The molecule has 3 nitrogen and oxygen atoms in total. The zero-order chi connectivity index (χ0) is 10.1. The highest BCUT2D eigenvalue weighted by atomic mass is 32.1. The van der Waals surface area contributed by atoms with Crippen LogP contribution in [-0.4, -0.2) is 16.5 Å². The minimum Gasteiger partial charge on any atom is -0.508 e. The van der Waals surface area contributed by atoms with Crippen LogP contribution in [0.2, 0.25) is 0 Å². The summed E-state index contributed by atoms with van der Waals surface area (Å²) in [5, 5.41) is 19.0. The van der Waals surface area contributed by atoms with Crippen molar-refractivity contribution in [3.05, 3.63) is 28.6 Å². The Bertz CT molecular complexity index is 487. The monoisotopic (exact) mass is 208 g/mol. The number of benzene rings is 1. The third-order valence-electron chi connectivity index (χ3n) is 2.05. The summed E-state index contributed by atoms with van der Waals surface area (Å²) in [4.78, 5) is 11.4. The topological polar surface area (TPSA) is 57.5 Å². The van der Waals surface area contributed by atoms with E-state index in [-0.39, 0.29) is 12.4 Å². The predicted octanol–water partition coefficient (Wildman–Crippen LogP) is 1.91. The molecule has 2 rings (SSSR count). The second-order valence-corrected chi connectivity index (χ2v) is 4.03. The van der Waals surface area contributed by atoms with E-state index in [0.717, 1.165) is 16.4 Å². The van der Waals surface area contributed by atoms with E-state index in [2.05, 4.69) is 0 Å². The normalized spacial score (nSPS) is 10.6. The zero-order valence-electron chi connectivity index (χ0n) is 7.23. The maximum atomic E-state index is 10.8. The van der Waals surface area contributed by atoms with Crippen molar-refractivity contribution in [3.8, 4) is 5.75 Å². The maximum Gasteiger partial charge on any atom is 0.151 e. The van der Waals surface area contributed by atoms with E-state index >= 15 is 0 Å². The molecule has 0 saturated carbocycles. The summed E-state index contributed by atoms with van der Waals surface area (Å²) in [7, 11) is 0. The molecule has 0 aliphatic carbocycles. The molecule has 0 spiro atoms. The molecule has 0 aliphatic rings. The Labute approximate surface area is 84.2 Å². The van der Waals surface area contributed by atoms with Gasteiger partial charge in [-0.05, 0) is 18.2 Å². The second-order valence-electron chi connectivity index (χ2n) is 2.90. The van der Waals surface area contributed by atoms with Crippen LogP contribution in [0.4, 0.5) is 0 Å². The number of aldehydes is 1. The van der Waals surface area contributed by atoms with Crippen LogP contribution in [0, 0.1) is 0 Å². The van der Waals surface area contributed by atoms with Crippen LogP contribution in [0.3, 0.4) is 0 Å². The van der Waals surface area contributed by atoms with Gasteiger partial charge in [-0.1, -0.05) is 0 Å². The van der Waals surface area contributed by atoms with E-state index in [0.29, 0.717) is 10.4 Å². The molecule has 72 valence electrons. The van der Waals surface area contributed by atoms with Gasteiger partial charge in [-0.3, -0.25) is 4.79 Å². The van der Waals surface area contributed by atoms with Crippen LogP contribution in [0.25, 0.3) is 10.1 Å². The highest BCUT2D eigenvalue weighted by Gasteiger charge is 2.10. The fourth-order valence-corrected chi connectivity index (χ4v) is 2.47. The Kier molecular flexibility index (Phi) is 2.23. The molecule has 0 bridgehead atoms. The summed E-state index contributed by atoms with van der Waals surface area (Å²) in [6, 6.07) is 4.80. The predicted molar refractivity (Wildman–Crippen MR) is 54.8 cm³/mol. The van der Waals surface area contributed by atoms with Crippen LogP contribution < -0.4 is 0 Å². The van der Waals surface area contributed by atoms with Gasteiger partial charge in [0.1, 0.15) is 5.75 Å². The first-order valence-electron chi connectivity index (χ1n) is 4.06. The minimum atomic E-state index is -0.145. The lowest BCUT2D eigenvalue weighted by molar-refractivity contribution is 0.112. The molecule has 2 aromatic rings. The number of thiophene rings is 1. The first-order chi connectivity index (χ1) is 6.76. The van der Waals surface area contributed by atoms with Crippen molar-refractivity contribution >= 4 is 27.7 Å². The summed E-state index contributed by atoms with van der Waals surface area (Å²) < 4.78 is 0.816. The van der Waals surface area contributed by atoms with Crippen LogP contribution >= 0.6 is 11.3 Å². The van der Waals surface area contributed by atoms with Gasteiger partial charge >= 0.3 is 0 Å². The Morgan fingerprint density at radius 3 is 2.86 bits per heavy atom. The lowest BCUT2D eigenvalue weighted by Crippen LogP contribution is -1.84. The lowest BCUT2D eigenvalue weighted by atomic mass is 10.1. The first-order valence-corrected chi connectivity index (χ1v) is 4.88. The molecule has 0 radical (unpaired) electrons. The molecule has 1 heterocycles. The number of fused-ring (bicyclic) bond motifs is 1. The van der Waals surface area contributed by atoms with Crippen molar-refractivity contribution < 1.29 is 15.0 Å². The Balaban J connectivity index is 2.79. The van der Waals surface area contributed by atoms with Crippen LogP contribution in [0.1, 0.15) is 15.2 Å². The van der Waals surface area contributed by atoms with E-state index in [1.54, 1.807) is 12.1 Å². The fraction of sp³-hybridized carbons (Fsp3) is 0.100. The van der Waals surface area contributed by atoms with Gasteiger partial charge in [-0.25, -0.2) is 0 Å². The van der Waals surface area contributed by atoms with E-state index in [1.807, 2.05) is 0 Å². The Hall–Kier alpha value is -1.39. The molecule has 0 aliphatic heterocycles. The number of hydrogen-bond acceptors (Lipinski definition) is 4.